The number of aromatic amines is 1. The summed E-state index contributed by atoms with van der Waals surface area (Å²) in [6.45, 7) is 3.88. The van der Waals surface area contributed by atoms with Gasteiger partial charge in [0.2, 0.25) is 17.8 Å². The molecule has 9 nitrogen and oxygen atoms in total. The maximum Gasteiger partial charge on any atom is 0.254 e. The summed E-state index contributed by atoms with van der Waals surface area (Å²) in [6.07, 6.45) is -0.225. The van der Waals surface area contributed by atoms with Crippen molar-refractivity contribution in [3.05, 3.63) is 35.7 Å². The lowest BCUT2D eigenvalue weighted by molar-refractivity contribution is -0.122. The number of rotatable bonds is 4. The quantitative estimate of drug-likeness (QED) is 0.659. The molecule has 0 radical (unpaired) electrons. The van der Waals surface area contributed by atoms with Crippen LogP contribution in [0.1, 0.15) is 42.4 Å². The molecule has 1 aliphatic rings. The van der Waals surface area contributed by atoms with E-state index in [1.165, 1.54) is 0 Å². The Morgan fingerprint density at radius 2 is 2.04 bits per heavy atom. The number of nitrogens with zero attached hydrogens (tertiary/aromatic N) is 2. The van der Waals surface area contributed by atoms with Gasteiger partial charge in [-0.05, 0) is 12.1 Å². The van der Waals surface area contributed by atoms with Gasteiger partial charge in [0.15, 0.2) is 0 Å². The van der Waals surface area contributed by atoms with E-state index in [0.717, 1.165) is 0 Å². The molecule has 0 saturated carbocycles. The van der Waals surface area contributed by atoms with Crippen molar-refractivity contribution in [3.8, 4) is 0 Å². The molecule has 0 fully saturated rings. The van der Waals surface area contributed by atoms with Crippen LogP contribution in [0.2, 0.25) is 0 Å². The Labute approximate surface area is 143 Å². The van der Waals surface area contributed by atoms with Gasteiger partial charge < -0.3 is 10.6 Å². The van der Waals surface area contributed by atoms with E-state index in [4.69, 9.17) is 0 Å². The second-order valence-electron chi connectivity index (χ2n) is 6.01. The van der Waals surface area contributed by atoms with Crippen LogP contribution in [-0.2, 0) is 9.59 Å². The fourth-order valence-electron chi connectivity index (χ4n) is 2.40. The number of carbonyl (C=O) groups excluding carboxylic acids is 3. The van der Waals surface area contributed by atoms with Crippen molar-refractivity contribution in [2.45, 2.75) is 32.2 Å². The number of H-pyrrole nitrogens is 1. The summed E-state index contributed by atoms with van der Waals surface area (Å²) >= 11 is 0. The van der Waals surface area contributed by atoms with Gasteiger partial charge in [-0.3, -0.25) is 24.8 Å². The van der Waals surface area contributed by atoms with Gasteiger partial charge in [-0.25, -0.2) is 0 Å². The maximum absolute atomic E-state index is 12.3. The van der Waals surface area contributed by atoms with Crippen molar-refractivity contribution in [1.29, 1.82) is 0 Å². The first kappa shape index (κ1) is 16.6. The number of aromatic nitrogens is 3. The highest BCUT2D eigenvalue weighted by Crippen LogP contribution is 2.19. The Kier molecular flexibility index (Phi) is 4.46. The Morgan fingerprint density at radius 1 is 1.28 bits per heavy atom. The first-order chi connectivity index (χ1) is 11.9. The predicted molar refractivity (Wildman–Crippen MR) is 90.0 cm³/mol. The standard InChI is InChI=1S/C16H18N6O3/c1-8(2)13-20-16(22-21-13)19-12(23)7-11-15(25)17-10-6-4-3-5-9(10)14(24)18-11/h3-6,8,11H,7H2,1-2H3,(H,17,25)(H,18,24)(H2,19,20,21,22,23)/t11-/m0/s1. The molecule has 25 heavy (non-hydrogen) atoms. The molecule has 0 unspecified atom stereocenters. The minimum atomic E-state index is -0.983. The summed E-state index contributed by atoms with van der Waals surface area (Å²) in [7, 11) is 0. The Balaban J connectivity index is 1.67. The summed E-state index contributed by atoms with van der Waals surface area (Å²) in [5.74, 6) is -0.411. The fraction of sp³-hybridized carbons (Fsp3) is 0.312. The van der Waals surface area contributed by atoms with E-state index in [9.17, 15) is 14.4 Å². The molecule has 1 aromatic heterocycles. The van der Waals surface area contributed by atoms with Gasteiger partial charge >= 0.3 is 0 Å². The van der Waals surface area contributed by atoms with E-state index in [0.29, 0.717) is 17.1 Å². The van der Waals surface area contributed by atoms with Crippen LogP contribution in [0.5, 0.6) is 0 Å². The summed E-state index contributed by atoms with van der Waals surface area (Å²) in [4.78, 5) is 40.8. The minimum Gasteiger partial charge on any atom is -0.340 e. The number of carbonyl (C=O) groups is 3. The van der Waals surface area contributed by atoms with E-state index in [-0.39, 0.29) is 18.3 Å². The SMILES string of the molecule is CC(C)c1nc(NC(=O)C[C@@H]2NC(=O)c3ccccc3NC2=O)n[nH]1. The lowest BCUT2D eigenvalue weighted by Gasteiger charge is -2.13. The van der Waals surface area contributed by atoms with E-state index < -0.39 is 23.8 Å². The minimum absolute atomic E-state index is 0.136. The smallest absolute Gasteiger partial charge is 0.254 e. The second kappa shape index (κ2) is 6.71. The molecule has 1 aromatic carbocycles. The highest BCUT2D eigenvalue weighted by Gasteiger charge is 2.29. The molecule has 0 saturated heterocycles. The molecule has 130 valence electrons. The molecule has 2 aromatic rings. The van der Waals surface area contributed by atoms with Crippen molar-refractivity contribution in [3.63, 3.8) is 0 Å². The van der Waals surface area contributed by atoms with Crippen molar-refractivity contribution in [1.82, 2.24) is 20.5 Å². The highest BCUT2D eigenvalue weighted by atomic mass is 16.2. The van der Waals surface area contributed by atoms with Gasteiger partial charge in [0.1, 0.15) is 11.9 Å². The number of para-hydroxylation sites is 1. The summed E-state index contributed by atoms with van der Waals surface area (Å²) < 4.78 is 0. The van der Waals surface area contributed by atoms with Crippen molar-refractivity contribution < 1.29 is 14.4 Å². The number of hydrogen-bond acceptors (Lipinski definition) is 5. The molecule has 4 N–H and O–H groups in total. The van der Waals surface area contributed by atoms with E-state index in [1.807, 2.05) is 13.8 Å². The van der Waals surface area contributed by atoms with Gasteiger partial charge in [0, 0.05) is 5.92 Å². The van der Waals surface area contributed by atoms with Gasteiger partial charge in [-0.1, -0.05) is 26.0 Å². The lowest BCUT2D eigenvalue weighted by atomic mass is 10.1. The summed E-state index contributed by atoms with van der Waals surface area (Å²) in [6, 6.07) is 5.68. The van der Waals surface area contributed by atoms with Gasteiger partial charge in [-0.15, -0.1) is 5.10 Å². The maximum atomic E-state index is 12.3. The molecule has 1 aliphatic heterocycles. The average Bonchev–Trinajstić information content (AvgIpc) is 2.98. The average molecular weight is 342 g/mol. The largest absolute Gasteiger partial charge is 0.340 e. The third kappa shape index (κ3) is 3.65. The molecule has 9 heteroatoms. The zero-order valence-electron chi connectivity index (χ0n) is 13.8. The van der Waals surface area contributed by atoms with Crippen LogP contribution in [-0.4, -0.2) is 38.9 Å². The molecular weight excluding hydrogens is 324 g/mol. The number of amides is 3. The Bertz CT molecular complexity index is 829. The van der Waals surface area contributed by atoms with Gasteiger partial charge in [0.25, 0.3) is 5.91 Å². The molecule has 0 spiro atoms. The van der Waals surface area contributed by atoms with Crippen molar-refractivity contribution in [2.24, 2.45) is 0 Å². The third-order valence-corrected chi connectivity index (χ3v) is 3.74. The van der Waals surface area contributed by atoms with Crippen LogP contribution in [0.25, 0.3) is 0 Å². The zero-order chi connectivity index (χ0) is 18.0. The van der Waals surface area contributed by atoms with Crippen LogP contribution >= 0.6 is 0 Å². The lowest BCUT2D eigenvalue weighted by Crippen LogP contribution is -2.43. The van der Waals surface area contributed by atoms with Gasteiger partial charge in [-0.2, -0.15) is 4.98 Å². The second-order valence-corrected chi connectivity index (χ2v) is 6.01. The van der Waals surface area contributed by atoms with E-state index in [1.54, 1.807) is 24.3 Å². The number of nitrogens with one attached hydrogen (secondary N) is 4. The normalized spacial score (nSPS) is 16.7. The van der Waals surface area contributed by atoms with Crippen LogP contribution in [0.4, 0.5) is 11.6 Å². The van der Waals surface area contributed by atoms with Crippen molar-refractivity contribution >= 4 is 29.4 Å². The molecule has 3 rings (SSSR count). The number of fused-ring (bicyclic) bond motifs is 1. The number of anilines is 2. The highest BCUT2D eigenvalue weighted by molar-refractivity contribution is 6.11. The third-order valence-electron chi connectivity index (χ3n) is 3.74. The first-order valence-corrected chi connectivity index (χ1v) is 7.87. The Hall–Kier alpha value is -3.23. The number of benzene rings is 1. The number of hydrogen-bond donors (Lipinski definition) is 4. The summed E-state index contributed by atoms with van der Waals surface area (Å²) in [5, 5.41) is 14.4. The Morgan fingerprint density at radius 3 is 2.76 bits per heavy atom. The fourth-order valence-corrected chi connectivity index (χ4v) is 2.40. The molecule has 2 heterocycles. The monoisotopic (exact) mass is 342 g/mol. The van der Waals surface area contributed by atoms with Crippen LogP contribution in [0.3, 0.4) is 0 Å². The van der Waals surface area contributed by atoms with E-state index >= 15 is 0 Å². The zero-order valence-corrected chi connectivity index (χ0v) is 13.8. The van der Waals surface area contributed by atoms with Crippen LogP contribution in [0, 0.1) is 0 Å². The van der Waals surface area contributed by atoms with Crippen LogP contribution < -0.4 is 16.0 Å². The van der Waals surface area contributed by atoms with Crippen molar-refractivity contribution in [2.75, 3.05) is 10.6 Å². The van der Waals surface area contributed by atoms with Gasteiger partial charge in [0.05, 0.1) is 17.7 Å². The topological polar surface area (TPSA) is 129 Å². The summed E-state index contributed by atoms with van der Waals surface area (Å²) in [5.41, 5.74) is 0.776. The van der Waals surface area contributed by atoms with Crippen LogP contribution in [0.15, 0.2) is 24.3 Å². The molecule has 1 atom stereocenters. The molecular formula is C16H18N6O3. The molecule has 0 bridgehead atoms. The molecule has 3 amide bonds. The first-order valence-electron chi connectivity index (χ1n) is 7.87. The molecule has 0 aliphatic carbocycles. The predicted octanol–water partition coefficient (Wildman–Crippen LogP) is 1.01. The van der Waals surface area contributed by atoms with E-state index in [2.05, 4.69) is 31.1 Å².